The van der Waals surface area contributed by atoms with Crippen molar-refractivity contribution in [2.24, 2.45) is 29.0 Å². The molecule has 56 heavy (non-hydrogen) atoms. The lowest BCUT2D eigenvalue weighted by molar-refractivity contribution is -0.136. The Labute approximate surface area is 331 Å². The highest BCUT2D eigenvalue weighted by Gasteiger charge is 2.35. The molecule has 0 aliphatic rings. The van der Waals surface area contributed by atoms with Crippen molar-refractivity contribution < 1.29 is 38.7 Å². The Hall–Kier alpha value is -4.61. The van der Waals surface area contributed by atoms with Crippen molar-refractivity contribution in [3.8, 4) is 0 Å². The van der Waals surface area contributed by atoms with Gasteiger partial charge in [-0.05, 0) is 75.9 Å². The molecule has 17 heteroatoms. The minimum absolute atomic E-state index is 0.0369. The van der Waals surface area contributed by atoms with Gasteiger partial charge in [0, 0.05) is 13.3 Å². The molecule has 0 bridgehead atoms. The van der Waals surface area contributed by atoms with Crippen molar-refractivity contribution >= 4 is 41.4 Å². The number of unbranched alkanes of at least 4 members (excludes halogenated alkanes) is 2. The van der Waals surface area contributed by atoms with Crippen molar-refractivity contribution in [2.45, 2.75) is 142 Å². The number of nitrogens with two attached hydrogens (primary N) is 3. The highest BCUT2D eigenvalue weighted by Crippen LogP contribution is 2.14. The molecule has 0 unspecified atom stereocenters. The third-order valence-corrected chi connectivity index (χ3v) is 9.81. The fourth-order valence-corrected chi connectivity index (χ4v) is 5.94. The Morgan fingerprint density at radius 2 is 1.02 bits per heavy atom. The summed E-state index contributed by atoms with van der Waals surface area (Å²) in [5.74, 6) is -5.38. The summed E-state index contributed by atoms with van der Waals surface area (Å²) in [6.45, 7) is 10.4. The predicted octanol–water partition coefficient (Wildman–Crippen LogP) is -0.626. The van der Waals surface area contributed by atoms with Crippen LogP contribution < -0.4 is 49.1 Å². The maximum atomic E-state index is 14.1. The van der Waals surface area contributed by atoms with Gasteiger partial charge in [0.25, 0.3) is 0 Å². The number of hydrogen-bond acceptors (Lipinski definition) is 10. The molecule has 0 aliphatic heterocycles. The molecule has 17 nitrogen and oxygen atoms in total. The van der Waals surface area contributed by atoms with Crippen molar-refractivity contribution in [1.82, 2.24) is 31.9 Å². The third-order valence-electron chi connectivity index (χ3n) is 9.81. The van der Waals surface area contributed by atoms with Gasteiger partial charge in [-0.1, -0.05) is 70.9 Å². The first kappa shape index (κ1) is 49.4. The van der Waals surface area contributed by atoms with Crippen molar-refractivity contribution in [3.05, 3.63) is 35.9 Å². The molecule has 7 amide bonds. The average Bonchev–Trinajstić information content (AvgIpc) is 3.16. The summed E-state index contributed by atoms with van der Waals surface area (Å²) in [5.41, 5.74) is 17.7. The van der Waals surface area contributed by atoms with Crippen LogP contribution in [-0.2, 0) is 40.0 Å². The fourth-order valence-electron chi connectivity index (χ4n) is 5.94. The van der Waals surface area contributed by atoms with Gasteiger partial charge >= 0.3 is 0 Å². The Kier molecular flexibility index (Phi) is 23.2. The van der Waals surface area contributed by atoms with Crippen LogP contribution in [0.15, 0.2) is 30.3 Å². The molecule has 0 heterocycles. The van der Waals surface area contributed by atoms with Crippen molar-refractivity contribution in [3.63, 3.8) is 0 Å². The summed E-state index contributed by atoms with van der Waals surface area (Å²) < 4.78 is 0. The first-order valence-electron chi connectivity index (χ1n) is 19.7. The number of carbonyl (C=O) groups excluding carboxylic acids is 7. The van der Waals surface area contributed by atoms with Gasteiger partial charge in [-0.3, -0.25) is 33.6 Å². The van der Waals surface area contributed by atoms with E-state index in [0.717, 1.165) is 0 Å². The van der Waals surface area contributed by atoms with E-state index in [0.29, 0.717) is 57.2 Å². The van der Waals surface area contributed by atoms with Crippen LogP contribution >= 0.6 is 0 Å². The predicted molar refractivity (Wildman–Crippen MR) is 213 cm³/mol. The van der Waals surface area contributed by atoms with E-state index < -0.39 is 89.6 Å². The van der Waals surface area contributed by atoms with Gasteiger partial charge in [0.1, 0.15) is 36.3 Å². The van der Waals surface area contributed by atoms with E-state index in [1.165, 1.54) is 13.8 Å². The number of aliphatic hydroxyl groups is 1. The summed E-state index contributed by atoms with van der Waals surface area (Å²) in [6, 6.07) is 2.03. The second kappa shape index (κ2) is 26.3. The maximum Gasteiger partial charge on any atom is 0.245 e. The van der Waals surface area contributed by atoms with E-state index in [2.05, 4.69) is 31.9 Å². The minimum atomic E-state index is -1.33. The number of primary amides is 1. The van der Waals surface area contributed by atoms with Gasteiger partial charge in [-0.25, -0.2) is 0 Å². The van der Waals surface area contributed by atoms with Gasteiger partial charge in [-0.2, -0.15) is 0 Å². The van der Waals surface area contributed by atoms with Gasteiger partial charge < -0.3 is 54.2 Å². The molecular formula is C39H67N9O8. The lowest BCUT2D eigenvalue weighted by Gasteiger charge is -2.30. The lowest BCUT2D eigenvalue weighted by atomic mass is 9.96. The SMILES string of the molecule is CC[C@H](C)[C@H](NC(=O)[C@H](CCCCN)NC(=O)[C@H](Cc1ccccc1)NC(=O)[C@@H](NC(=O)[C@H](CCCCN)NC(=O)[C@@H](NC(C)=O)[C@@H](C)O)[C@@H](C)CC)C(N)=O. The van der Waals surface area contributed by atoms with Crippen LogP contribution in [-0.4, -0.2) is 102 Å². The molecule has 0 saturated carbocycles. The van der Waals surface area contributed by atoms with E-state index in [9.17, 15) is 38.7 Å². The molecule has 0 saturated heterocycles. The molecule has 0 spiro atoms. The van der Waals surface area contributed by atoms with Crippen LogP contribution in [0.2, 0.25) is 0 Å². The summed E-state index contributed by atoms with van der Waals surface area (Å²) >= 11 is 0. The average molecular weight is 790 g/mol. The van der Waals surface area contributed by atoms with Crippen molar-refractivity contribution in [1.29, 1.82) is 0 Å². The van der Waals surface area contributed by atoms with E-state index in [1.54, 1.807) is 44.2 Å². The molecule has 1 aromatic carbocycles. The number of carbonyl (C=O) groups is 7. The first-order chi connectivity index (χ1) is 26.5. The Morgan fingerprint density at radius 3 is 1.46 bits per heavy atom. The zero-order chi connectivity index (χ0) is 42.4. The van der Waals surface area contributed by atoms with Gasteiger partial charge in [0.2, 0.25) is 41.4 Å². The third kappa shape index (κ3) is 17.5. The van der Waals surface area contributed by atoms with E-state index >= 15 is 0 Å². The summed E-state index contributed by atoms with van der Waals surface area (Å²) in [6.07, 6.45) is 2.19. The number of rotatable bonds is 27. The number of nitrogens with one attached hydrogen (secondary N) is 6. The zero-order valence-corrected chi connectivity index (χ0v) is 33.9. The molecule has 1 aromatic rings. The second-order valence-electron chi connectivity index (χ2n) is 14.5. The number of aliphatic hydroxyl groups excluding tert-OH is 1. The van der Waals surface area contributed by atoms with Crippen molar-refractivity contribution in [2.75, 3.05) is 13.1 Å². The maximum absolute atomic E-state index is 14.1. The van der Waals surface area contributed by atoms with E-state index in [-0.39, 0.29) is 25.2 Å². The number of amides is 7. The van der Waals surface area contributed by atoms with E-state index in [4.69, 9.17) is 17.2 Å². The molecular weight excluding hydrogens is 722 g/mol. The largest absolute Gasteiger partial charge is 0.391 e. The van der Waals surface area contributed by atoms with Crippen LogP contribution in [0.1, 0.15) is 98.5 Å². The monoisotopic (exact) mass is 790 g/mol. The lowest BCUT2D eigenvalue weighted by Crippen LogP contribution is -2.61. The minimum Gasteiger partial charge on any atom is -0.391 e. The van der Waals surface area contributed by atoms with Crippen LogP contribution in [0.5, 0.6) is 0 Å². The molecule has 316 valence electrons. The Morgan fingerprint density at radius 1 is 0.589 bits per heavy atom. The smallest absolute Gasteiger partial charge is 0.245 e. The molecule has 1 rings (SSSR count). The van der Waals surface area contributed by atoms with Gasteiger partial charge in [-0.15, -0.1) is 0 Å². The first-order valence-corrected chi connectivity index (χ1v) is 19.7. The topological polar surface area (TPSA) is 290 Å². The molecule has 0 aromatic heterocycles. The molecule has 0 aliphatic carbocycles. The van der Waals surface area contributed by atoms with E-state index in [1.807, 2.05) is 13.8 Å². The number of hydrogen-bond donors (Lipinski definition) is 10. The molecule has 13 N–H and O–H groups in total. The van der Waals surface area contributed by atoms with Gasteiger partial charge in [0.05, 0.1) is 6.10 Å². The summed E-state index contributed by atoms with van der Waals surface area (Å²) in [4.78, 5) is 92.7. The summed E-state index contributed by atoms with van der Waals surface area (Å²) in [7, 11) is 0. The highest BCUT2D eigenvalue weighted by atomic mass is 16.3. The van der Waals surface area contributed by atoms with Crippen LogP contribution in [0.25, 0.3) is 0 Å². The Bertz CT molecular complexity index is 1410. The highest BCUT2D eigenvalue weighted by molar-refractivity contribution is 5.97. The molecule has 0 fully saturated rings. The summed E-state index contributed by atoms with van der Waals surface area (Å²) in [5, 5.41) is 26.2. The normalized spacial score (nSPS) is 15.9. The number of benzene rings is 1. The quantitative estimate of drug-likeness (QED) is 0.0504. The van der Waals surface area contributed by atoms with Crippen LogP contribution in [0, 0.1) is 11.8 Å². The van der Waals surface area contributed by atoms with Crippen LogP contribution in [0.4, 0.5) is 0 Å². The second-order valence-corrected chi connectivity index (χ2v) is 14.5. The zero-order valence-electron chi connectivity index (χ0n) is 33.9. The Balaban J connectivity index is 3.46. The van der Waals surface area contributed by atoms with Crippen LogP contribution in [0.3, 0.4) is 0 Å². The van der Waals surface area contributed by atoms with Gasteiger partial charge in [0.15, 0.2) is 0 Å². The molecule has 0 radical (unpaired) electrons. The standard InChI is InChI=1S/C39H67N9O8/c1-7-23(3)31(34(42)51)47-35(52)28(18-12-14-20-40)44-37(54)30(22-27-16-10-9-11-17-27)46-38(55)32(24(4)8-2)48-36(53)29(19-13-15-21-41)45-39(56)33(25(5)49)43-26(6)50/h9-11,16-17,23-25,28-33,49H,7-8,12-15,18-22,40-41H2,1-6H3,(H2,42,51)(H,43,50)(H,44,54)(H,45,56)(H,46,55)(H,47,52)(H,48,53)/t23-,24-,25+,28-,29-,30-,31-,32-,33-/m0/s1. The molecule has 9 atom stereocenters. The fraction of sp³-hybridized carbons (Fsp3) is 0.667.